The Kier molecular flexibility index (Phi) is 3.71. The van der Waals surface area contributed by atoms with E-state index in [1.807, 2.05) is 25.1 Å². The van der Waals surface area contributed by atoms with Gasteiger partial charge >= 0.3 is 0 Å². The predicted octanol–water partition coefficient (Wildman–Crippen LogP) is 4.52. The van der Waals surface area contributed by atoms with E-state index in [1.165, 1.54) is 10.4 Å². The minimum Gasteiger partial charge on any atom is -0.383 e. The Labute approximate surface area is 114 Å². The minimum atomic E-state index is -0.522. The van der Waals surface area contributed by atoms with Crippen LogP contribution in [0.1, 0.15) is 32.5 Å². The molecule has 0 radical (unpaired) electrons. The summed E-state index contributed by atoms with van der Waals surface area (Å²) in [5.74, 6) is 0. The second-order valence-corrected chi connectivity index (χ2v) is 6.40. The van der Waals surface area contributed by atoms with Gasteiger partial charge < -0.3 is 5.11 Å². The Morgan fingerprint density at radius 2 is 1.94 bits per heavy atom. The van der Waals surface area contributed by atoms with Crippen LogP contribution in [-0.2, 0) is 0 Å². The Morgan fingerprint density at radius 3 is 2.53 bits per heavy atom. The van der Waals surface area contributed by atoms with Gasteiger partial charge in [0.05, 0.1) is 0 Å². The quantitative estimate of drug-likeness (QED) is 0.864. The molecule has 1 aromatic carbocycles. The number of aliphatic hydroxyl groups excluding tert-OH is 1. The lowest BCUT2D eigenvalue weighted by atomic mass is 10.0. The first kappa shape index (κ1) is 12.8. The van der Waals surface area contributed by atoms with Crippen molar-refractivity contribution >= 4 is 27.3 Å². The maximum atomic E-state index is 10.5. The molecule has 1 nitrogen and oxygen atoms in total. The third-order valence-corrected chi connectivity index (χ3v) is 5.00. The molecule has 17 heavy (non-hydrogen) atoms. The van der Waals surface area contributed by atoms with Crippen LogP contribution in [0.3, 0.4) is 0 Å². The number of benzene rings is 1. The van der Waals surface area contributed by atoms with Crippen molar-refractivity contribution in [3.8, 4) is 0 Å². The van der Waals surface area contributed by atoms with E-state index in [9.17, 15) is 5.11 Å². The van der Waals surface area contributed by atoms with Gasteiger partial charge in [0.1, 0.15) is 6.10 Å². The van der Waals surface area contributed by atoms with Crippen molar-refractivity contribution in [1.29, 1.82) is 0 Å². The van der Waals surface area contributed by atoms with Gasteiger partial charge in [-0.15, -0.1) is 11.3 Å². The van der Waals surface area contributed by atoms with Crippen molar-refractivity contribution in [3.05, 3.63) is 55.2 Å². The number of aliphatic hydroxyl groups is 1. The Morgan fingerprint density at radius 1 is 1.24 bits per heavy atom. The summed E-state index contributed by atoms with van der Waals surface area (Å²) in [5.41, 5.74) is 3.24. The van der Waals surface area contributed by atoms with E-state index < -0.39 is 6.10 Å². The van der Waals surface area contributed by atoms with Crippen molar-refractivity contribution < 1.29 is 5.11 Å². The van der Waals surface area contributed by atoms with Crippen molar-refractivity contribution in [2.45, 2.75) is 26.9 Å². The molecule has 1 N–H and O–H groups in total. The van der Waals surface area contributed by atoms with Gasteiger partial charge in [0.2, 0.25) is 0 Å². The van der Waals surface area contributed by atoms with Gasteiger partial charge in [0.25, 0.3) is 0 Å². The van der Waals surface area contributed by atoms with E-state index in [2.05, 4.69) is 35.8 Å². The molecule has 0 saturated carbocycles. The average Bonchev–Trinajstić information content (AvgIpc) is 2.61. The van der Waals surface area contributed by atoms with Crippen LogP contribution in [0.2, 0.25) is 0 Å². The molecule has 0 fully saturated rings. The summed E-state index contributed by atoms with van der Waals surface area (Å²) in [6, 6.07) is 8.07. The molecule has 0 bridgehead atoms. The highest BCUT2D eigenvalue weighted by Crippen LogP contribution is 2.34. The van der Waals surface area contributed by atoms with Crippen LogP contribution in [0.15, 0.2) is 28.7 Å². The van der Waals surface area contributed by atoms with E-state index in [0.29, 0.717) is 0 Å². The van der Waals surface area contributed by atoms with Crippen LogP contribution in [0.5, 0.6) is 0 Å². The maximum Gasteiger partial charge on any atom is 0.114 e. The van der Waals surface area contributed by atoms with Crippen molar-refractivity contribution in [1.82, 2.24) is 0 Å². The third kappa shape index (κ3) is 2.46. The van der Waals surface area contributed by atoms with Crippen LogP contribution in [0.4, 0.5) is 0 Å². The van der Waals surface area contributed by atoms with Crippen LogP contribution in [-0.4, -0.2) is 5.11 Å². The smallest absolute Gasteiger partial charge is 0.114 e. The van der Waals surface area contributed by atoms with Gasteiger partial charge in [-0.25, -0.2) is 0 Å². The maximum absolute atomic E-state index is 10.5. The second-order valence-electron chi connectivity index (χ2n) is 4.26. The van der Waals surface area contributed by atoms with E-state index in [0.717, 1.165) is 20.5 Å². The van der Waals surface area contributed by atoms with E-state index >= 15 is 0 Å². The molecular formula is C14H15BrOS. The average molecular weight is 311 g/mol. The number of hydrogen-bond acceptors (Lipinski definition) is 2. The summed E-state index contributed by atoms with van der Waals surface area (Å²) < 4.78 is 1.04. The second kappa shape index (κ2) is 4.92. The fourth-order valence-corrected chi connectivity index (χ4v) is 3.42. The van der Waals surface area contributed by atoms with Gasteiger partial charge in [-0.1, -0.05) is 28.1 Å². The number of rotatable bonds is 2. The lowest BCUT2D eigenvalue weighted by Crippen LogP contribution is -2.01. The third-order valence-electron chi connectivity index (χ3n) is 2.93. The highest BCUT2D eigenvalue weighted by molar-refractivity contribution is 9.10. The zero-order chi connectivity index (χ0) is 12.6. The number of halogens is 1. The molecule has 1 unspecified atom stereocenters. The van der Waals surface area contributed by atoms with Gasteiger partial charge in [0.15, 0.2) is 0 Å². The lowest BCUT2D eigenvalue weighted by molar-refractivity contribution is 0.222. The summed E-state index contributed by atoms with van der Waals surface area (Å²) in [4.78, 5) is 2.29. The monoisotopic (exact) mass is 310 g/mol. The molecule has 1 atom stereocenters. The molecule has 2 rings (SSSR count). The van der Waals surface area contributed by atoms with E-state index in [-0.39, 0.29) is 0 Å². The van der Waals surface area contributed by atoms with E-state index in [1.54, 1.807) is 11.3 Å². The zero-order valence-electron chi connectivity index (χ0n) is 10.1. The molecule has 90 valence electrons. The highest BCUT2D eigenvalue weighted by atomic mass is 79.9. The molecule has 3 heteroatoms. The summed E-state index contributed by atoms with van der Waals surface area (Å²) in [7, 11) is 0. The summed E-state index contributed by atoms with van der Waals surface area (Å²) >= 11 is 5.17. The molecule has 2 aromatic rings. The first-order chi connectivity index (χ1) is 8.00. The lowest BCUT2D eigenvalue weighted by Gasteiger charge is -2.14. The Bertz CT molecular complexity index is 545. The molecular weight excluding hydrogens is 296 g/mol. The molecule has 1 heterocycles. The van der Waals surface area contributed by atoms with Crippen molar-refractivity contribution in [2.75, 3.05) is 0 Å². The summed E-state index contributed by atoms with van der Waals surface area (Å²) in [6.07, 6.45) is -0.522. The molecule has 0 spiro atoms. The molecule has 0 aliphatic rings. The molecule has 0 amide bonds. The Hall–Kier alpha value is -0.640. The molecule has 1 aromatic heterocycles. The Balaban J connectivity index is 2.47. The predicted molar refractivity (Wildman–Crippen MR) is 76.7 cm³/mol. The number of aryl methyl sites for hydroxylation is 2. The van der Waals surface area contributed by atoms with Crippen LogP contribution in [0.25, 0.3) is 0 Å². The normalized spacial score (nSPS) is 12.8. The number of thiophene rings is 1. The number of hydrogen-bond donors (Lipinski definition) is 1. The van der Waals surface area contributed by atoms with Crippen molar-refractivity contribution in [3.63, 3.8) is 0 Å². The van der Waals surface area contributed by atoms with E-state index in [4.69, 9.17) is 0 Å². The van der Waals surface area contributed by atoms with Crippen molar-refractivity contribution in [2.24, 2.45) is 0 Å². The zero-order valence-corrected chi connectivity index (χ0v) is 12.5. The summed E-state index contributed by atoms with van der Waals surface area (Å²) in [6.45, 7) is 6.15. The first-order valence-corrected chi connectivity index (χ1v) is 7.11. The fourth-order valence-electron chi connectivity index (χ4n) is 1.99. The topological polar surface area (TPSA) is 20.2 Å². The SMILES string of the molecule is Cc1cc(C)c(C(O)c2cccc(Br)c2C)s1. The largest absolute Gasteiger partial charge is 0.383 e. The fraction of sp³-hybridized carbons (Fsp3) is 0.286. The van der Waals surface area contributed by atoms with Crippen LogP contribution < -0.4 is 0 Å². The van der Waals surface area contributed by atoms with Gasteiger partial charge in [-0.3, -0.25) is 0 Å². The molecule has 0 aliphatic heterocycles. The van der Waals surface area contributed by atoms with Crippen LogP contribution in [0, 0.1) is 20.8 Å². The first-order valence-electron chi connectivity index (χ1n) is 5.50. The van der Waals surface area contributed by atoms with Gasteiger partial charge in [-0.2, -0.15) is 0 Å². The highest BCUT2D eigenvalue weighted by Gasteiger charge is 2.18. The molecule has 0 saturated heterocycles. The minimum absolute atomic E-state index is 0.522. The molecule has 0 aliphatic carbocycles. The summed E-state index contributed by atoms with van der Waals surface area (Å²) in [5, 5.41) is 10.5. The van der Waals surface area contributed by atoms with Crippen LogP contribution >= 0.6 is 27.3 Å². The van der Waals surface area contributed by atoms with Gasteiger partial charge in [-0.05, 0) is 49.6 Å². The standard InChI is InChI=1S/C14H15BrOS/c1-8-7-9(2)17-14(8)13(16)11-5-4-6-12(15)10(11)3/h4-7,13,16H,1-3H3. The van der Waals surface area contributed by atoms with Gasteiger partial charge in [0, 0.05) is 14.2 Å².